The number of hydrogen-bond acceptors (Lipinski definition) is 0. The molecule has 0 radical (unpaired) electrons. The molecule has 0 heterocycles. The molecule has 0 aliphatic carbocycles. The fourth-order valence-electron chi connectivity index (χ4n) is 8.35. The molecule has 5 rings (SSSR count). The van der Waals surface area contributed by atoms with E-state index < -0.39 is 16.1 Å². The van der Waals surface area contributed by atoms with Gasteiger partial charge in [-0.3, -0.25) is 0 Å². The summed E-state index contributed by atoms with van der Waals surface area (Å²) in [6, 6.07) is 29.9. The van der Waals surface area contributed by atoms with Gasteiger partial charge in [0.15, 0.2) is 0 Å². The molecule has 0 aromatic heterocycles. The first kappa shape index (κ1) is 36.0. The molecule has 250 valence electrons. The predicted molar refractivity (Wildman–Crippen MR) is 222 cm³/mol. The van der Waals surface area contributed by atoms with E-state index in [0.29, 0.717) is 22.2 Å². The van der Waals surface area contributed by atoms with Crippen LogP contribution in [-0.4, -0.2) is 16.1 Å². The Hall–Kier alpha value is -3.31. The van der Waals surface area contributed by atoms with Gasteiger partial charge in [-0.2, -0.15) is 0 Å². The van der Waals surface area contributed by atoms with Crippen molar-refractivity contribution in [3.8, 4) is 22.9 Å². The molecule has 0 N–H and O–H groups in total. The van der Waals surface area contributed by atoms with Gasteiger partial charge in [-0.25, -0.2) is 0 Å². The molecule has 0 atom stereocenters. The second-order valence-corrected chi connectivity index (χ2v) is 25.9. The smallest absolute Gasteiger partial charge is 0.125 e. The van der Waals surface area contributed by atoms with Crippen molar-refractivity contribution in [1.29, 1.82) is 0 Å². The minimum absolute atomic E-state index is 0.606. The molecule has 0 aliphatic rings. The first-order chi connectivity index (χ1) is 23.0. The van der Waals surface area contributed by atoms with E-state index in [4.69, 9.17) is 0 Å². The summed E-state index contributed by atoms with van der Waals surface area (Å²) in [4.78, 5) is 0. The minimum Gasteiger partial charge on any atom is -0.125 e. The van der Waals surface area contributed by atoms with E-state index in [2.05, 4.69) is 165 Å². The van der Waals surface area contributed by atoms with Crippen LogP contribution in [0.15, 0.2) is 72.8 Å². The Bertz CT molecular complexity index is 1780. The average molecular weight is 667 g/mol. The second-order valence-electron chi connectivity index (χ2n) is 15.6. The van der Waals surface area contributed by atoms with Crippen molar-refractivity contribution in [2.75, 3.05) is 0 Å². The largest absolute Gasteiger partial charge is 0.143 e. The fraction of sp³-hybridized carbons (Fsp3) is 0.435. The second kappa shape index (κ2) is 15.1. The summed E-state index contributed by atoms with van der Waals surface area (Å²) in [6.07, 6.45) is 4.97. The molecule has 0 fully saturated rings. The van der Waals surface area contributed by atoms with Gasteiger partial charge < -0.3 is 0 Å². The molecule has 5 aromatic rings. The van der Waals surface area contributed by atoms with Crippen LogP contribution in [0.3, 0.4) is 0 Å². The number of hydrogen-bond donors (Lipinski definition) is 0. The van der Waals surface area contributed by atoms with Gasteiger partial charge in [0.2, 0.25) is 0 Å². The van der Waals surface area contributed by atoms with Crippen molar-refractivity contribution in [2.45, 2.75) is 129 Å². The Balaban J connectivity index is 1.97. The molecule has 0 saturated heterocycles. The third kappa shape index (κ3) is 6.77. The van der Waals surface area contributed by atoms with E-state index in [0.717, 1.165) is 0 Å². The Kier molecular flexibility index (Phi) is 11.3. The van der Waals surface area contributed by atoms with E-state index in [1.807, 2.05) is 0 Å². The highest BCUT2D eigenvalue weighted by Crippen LogP contribution is 2.41. The van der Waals surface area contributed by atoms with E-state index in [1.165, 1.54) is 92.0 Å². The van der Waals surface area contributed by atoms with Crippen LogP contribution in [0.25, 0.3) is 43.1 Å². The maximum Gasteiger partial charge on any atom is 0.143 e. The molecule has 0 nitrogen and oxygen atoms in total. The Morgan fingerprint density at radius 1 is 0.458 bits per heavy atom. The van der Waals surface area contributed by atoms with Gasteiger partial charge in [-0.05, 0) is 102 Å². The standard InChI is InChI=1S/C46H58Si2/c1-11-13-25-47(33(3)4,34(5)6)27-23-41-43-29-37-19-15-17-21-39(37)31-45(43)42(24-28-48(35(7)8,36(9)10)26-14-12-2)46-32-40-22-18-16-20-38(40)30-44(41)46/h15-22,29-36H,11-14,25-26H2,1-10H3. The van der Waals surface area contributed by atoms with Crippen molar-refractivity contribution in [3.63, 3.8) is 0 Å². The Morgan fingerprint density at radius 2 is 0.729 bits per heavy atom. The van der Waals surface area contributed by atoms with E-state index >= 15 is 0 Å². The SMILES string of the molecule is CCCC[Si](C#Cc1c2cc3ccccc3cc2c(C#C[Si](CCCC)(C(C)C)C(C)C)c2cc3ccccc3cc12)(C(C)C)C(C)C. The summed E-state index contributed by atoms with van der Waals surface area (Å²) >= 11 is 0. The summed E-state index contributed by atoms with van der Waals surface area (Å²) < 4.78 is 0. The highest BCUT2D eigenvalue weighted by Gasteiger charge is 2.39. The van der Waals surface area contributed by atoms with Crippen molar-refractivity contribution >= 4 is 59.2 Å². The van der Waals surface area contributed by atoms with Gasteiger partial charge in [-0.15, -0.1) is 11.1 Å². The van der Waals surface area contributed by atoms with E-state index in [1.54, 1.807) is 0 Å². The summed E-state index contributed by atoms with van der Waals surface area (Å²) in [7, 11) is -3.82. The third-order valence-corrected chi connectivity index (χ3v) is 23.5. The number of benzene rings is 5. The van der Waals surface area contributed by atoms with Gasteiger partial charge in [0.1, 0.15) is 16.1 Å². The molecule has 2 heteroatoms. The molecule has 0 unspecified atom stereocenters. The lowest BCUT2D eigenvalue weighted by molar-refractivity contribution is 0.817. The maximum absolute atomic E-state index is 4.15. The minimum atomic E-state index is -1.91. The zero-order chi connectivity index (χ0) is 34.6. The predicted octanol–water partition coefficient (Wildman–Crippen LogP) is 14.2. The lowest BCUT2D eigenvalue weighted by atomic mass is 9.89. The van der Waals surface area contributed by atoms with Crippen molar-refractivity contribution < 1.29 is 0 Å². The lowest BCUT2D eigenvalue weighted by Crippen LogP contribution is -2.40. The molecule has 0 aliphatic heterocycles. The van der Waals surface area contributed by atoms with Crippen LogP contribution in [0, 0.1) is 22.9 Å². The molecule has 0 bridgehead atoms. The Labute approximate surface area is 294 Å². The van der Waals surface area contributed by atoms with Crippen LogP contribution in [-0.2, 0) is 0 Å². The van der Waals surface area contributed by atoms with Crippen LogP contribution in [0.1, 0.15) is 106 Å². The summed E-state index contributed by atoms with van der Waals surface area (Å²) in [6.45, 7) is 24.1. The van der Waals surface area contributed by atoms with Gasteiger partial charge >= 0.3 is 0 Å². The molecule has 0 saturated carbocycles. The molecule has 0 spiro atoms. The van der Waals surface area contributed by atoms with Crippen LogP contribution < -0.4 is 0 Å². The van der Waals surface area contributed by atoms with Gasteiger partial charge in [-0.1, -0.05) is 155 Å². The maximum atomic E-state index is 4.15. The normalized spacial score (nSPS) is 12.5. The lowest BCUT2D eigenvalue weighted by Gasteiger charge is -2.34. The van der Waals surface area contributed by atoms with E-state index in [9.17, 15) is 0 Å². The van der Waals surface area contributed by atoms with Crippen molar-refractivity contribution in [2.24, 2.45) is 0 Å². The van der Waals surface area contributed by atoms with Crippen molar-refractivity contribution in [3.05, 3.63) is 83.9 Å². The molecular weight excluding hydrogens is 609 g/mol. The molecule has 5 aromatic carbocycles. The zero-order valence-electron chi connectivity index (χ0n) is 31.5. The third-order valence-electron chi connectivity index (χ3n) is 11.7. The molecule has 48 heavy (non-hydrogen) atoms. The average Bonchev–Trinajstić information content (AvgIpc) is 3.06. The quantitative estimate of drug-likeness (QED) is 0.0790. The number of unbranched alkanes of at least 4 members (excludes halogenated alkanes) is 2. The van der Waals surface area contributed by atoms with Gasteiger partial charge in [0.25, 0.3) is 0 Å². The molecule has 0 amide bonds. The van der Waals surface area contributed by atoms with E-state index in [-0.39, 0.29) is 0 Å². The van der Waals surface area contributed by atoms with Gasteiger partial charge in [0, 0.05) is 11.1 Å². The summed E-state index contributed by atoms with van der Waals surface area (Å²) in [5, 5.41) is 10.1. The van der Waals surface area contributed by atoms with Crippen LogP contribution in [0.4, 0.5) is 0 Å². The van der Waals surface area contributed by atoms with Crippen LogP contribution in [0.2, 0.25) is 34.3 Å². The number of rotatable bonds is 10. The highest BCUT2D eigenvalue weighted by atomic mass is 28.3. The first-order valence-electron chi connectivity index (χ1n) is 18.9. The summed E-state index contributed by atoms with van der Waals surface area (Å²) in [5.41, 5.74) is 13.1. The van der Waals surface area contributed by atoms with Gasteiger partial charge in [0.05, 0.1) is 0 Å². The van der Waals surface area contributed by atoms with Crippen LogP contribution in [0.5, 0.6) is 0 Å². The first-order valence-corrected chi connectivity index (χ1v) is 23.6. The van der Waals surface area contributed by atoms with Crippen LogP contribution >= 0.6 is 0 Å². The highest BCUT2D eigenvalue weighted by molar-refractivity contribution is 6.90. The molecular formula is C46H58Si2. The summed E-state index contributed by atoms with van der Waals surface area (Å²) in [5.74, 6) is 8.02. The Morgan fingerprint density at radius 3 is 0.958 bits per heavy atom. The topological polar surface area (TPSA) is 0 Å². The number of fused-ring (bicyclic) bond motifs is 4. The van der Waals surface area contributed by atoms with Crippen molar-refractivity contribution in [1.82, 2.24) is 0 Å². The monoisotopic (exact) mass is 666 g/mol. The fourth-order valence-corrected chi connectivity index (χ4v) is 17.3. The zero-order valence-corrected chi connectivity index (χ0v) is 33.5.